The lowest BCUT2D eigenvalue weighted by atomic mass is 10.1. The topological polar surface area (TPSA) is 75.6 Å². The number of esters is 1. The second-order valence-corrected chi connectivity index (χ2v) is 6.38. The van der Waals surface area contributed by atoms with Gasteiger partial charge in [0.25, 0.3) is 0 Å². The quantitative estimate of drug-likeness (QED) is 0.477. The van der Waals surface area contributed by atoms with Gasteiger partial charge in [-0.1, -0.05) is 12.1 Å². The SMILES string of the molecule is CCOC(=O)c1ccc(CNC(=NC)NCc2ncc(C)s2)cc1. The maximum atomic E-state index is 11.6. The molecule has 2 rings (SSSR count). The number of nitrogens with zero attached hydrogens (tertiary/aromatic N) is 2. The second-order valence-electron chi connectivity index (χ2n) is 5.06. The van der Waals surface area contributed by atoms with Gasteiger partial charge in [-0.15, -0.1) is 11.3 Å². The van der Waals surface area contributed by atoms with Crippen LogP contribution in [-0.2, 0) is 17.8 Å². The van der Waals surface area contributed by atoms with Crippen molar-refractivity contribution < 1.29 is 9.53 Å². The number of aromatic nitrogens is 1. The summed E-state index contributed by atoms with van der Waals surface area (Å²) in [6.45, 7) is 5.46. The number of nitrogens with one attached hydrogen (secondary N) is 2. The smallest absolute Gasteiger partial charge is 0.338 e. The predicted molar refractivity (Wildman–Crippen MR) is 96.3 cm³/mol. The molecule has 0 radical (unpaired) electrons. The van der Waals surface area contributed by atoms with Crippen molar-refractivity contribution in [3.63, 3.8) is 0 Å². The molecule has 1 aromatic carbocycles. The van der Waals surface area contributed by atoms with E-state index in [1.54, 1.807) is 37.4 Å². The number of benzene rings is 1. The van der Waals surface area contributed by atoms with Crippen molar-refractivity contribution in [1.29, 1.82) is 0 Å². The molecule has 0 amide bonds. The molecule has 0 atom stereocenters. The van der Waals surface area contributed by atoms with E-state index >= 15 is 0 Å². The summed E-state index contributed by atoms with van der Waals surface area (Å²) in [4.78, 5) is 21.3. The Kier molecular flexibility index (Phi) is 6.74. The highest BCUT2D eigenvalue weighted by molar-refractivity contribution is 7.11. The molecule has 1 aromatic heterocycles. The second kappa shape index (κ2) is 9.02. The van der Waals surface area contributed by atoms with E-state index in [9.17, 15) is 4.79 Å². The predicted octanol–water partition coefficient (Wildman–Crippen LogP) is 2.49. The zero-order valence-corrected chi connectivity index (χ0v) is 14.9. The average Bonchev–Trinajstić information content (AvgIpc) is 3.01. The number of hydrogen-bond donors (Lipinski definition) is 2. The molecule has 128 valence electrons. The van der Waals surface area contributed by atoms with Crippen LogP contribution >= 0.6 is 11.3 Å². The Hall–Kier alpha value is -2.41. The van der Waals surface area contributed by atoms with Gasteiger partial charge in [0.1, 0.15) is 5.01 Å². The molecule has 0 spiro atoms. The summed E-state index contributed by atoms with van der Waals surface area (Å²) in [7, 11) is 1.73. The third-order valence-corrected chi connectivity index (χ3v) is 4.14. The number of thiazole rings is 1. The molecule has 1 heterocycles. The summed E-state index contributed by atoms with van der Waals surface area (Å²) in [6.07, 6.45) is 1.86. The lowest BCUT2D eigenvalue weighted by Gasteiger charge is -2.11. The van der Waals surface area contributed by atoms with Crippen LogP contribution < -0.4 is 10.6 Å². The molecule has 0 aliphatic rings. The minimum absolute atomic E-state index is 0.298. The maximum absolute atomic E-state index is 11.6. The van der Waals surface area contributed by atoms with Crippen LogP contribution in [0.4, 0.5) is 0 Å². The molecule has 0 fully saturated rings. The van der Waals surface area contributed by atoms with E-state index < -0.39 is 0 Å². The van der Waals surface area contributed by atoms with Gasteiger partial charge in [-0.3, -0.25) is 4.99 Å². The van der Waals surface area contributed by atoms with Crippen molar-refractivity contribution in [3.05, 3.63) is 51.5 Å². The number of rotatable bonds is 6. The number of aryl methyl sites for hydroxylation is 1. The highest BCUT2D eigenvalue weighted by Crippen LogP contribution is 2.10. The Bertz CT molecular complexity index is 695. The Labute approximate surface area is 146 Å². The number of carbonyl (C=O) groups is 1. The van der Waals surface area contributed by atoms with Crippen LogP contribution in [0.5, 0.6) is 0 Å². The molecule has 2 N–H and O–H groups in total. The Morgan fingerprint density at radius 1 is 1.25 bits per heavy atom. The van der Waals surface area contributed by atoms with Crippen molar-refractivity contribution in [2.24, 2.45) is 4.99 Å². The van der Waals surface area contributed by atoms with Gasteiger partial charge in [0.15, 0.2) is 5.96 Å². The molecule has 0 aliphatic carbocycles. The van der Waals surface area contributed by atoms with Crippen LogP contribution in [0, 0.1) is 6.92 Å². The van der Waals surface area contributed by atoms with Crippen molar-refractivity contribution in [3.8, 4) is 0 Å². The molecule has 0 saturated heterocycles. The van der Waals surface area contributed by atoms with Crippen LogP contribution in [-0.4, -0.2) is 30.6 Å². The third-order valence-electron chi connectivity index (χ3n) is 3.22. The molecule has 24 heavy (non-hydrogen) atoms. The largest absolute Gasteiger partial charge is 0.462 e. The fraction of sp³-hybridized carbons (Fsp3) is 0.353. The molecular weight excluding hydrogens is 324 g/mol. The first-order chi connectivity index (χ1) is 11.6. The van der Waals surface area contributed by atoms with E-state index in [0.29, 0.717) is 31.2 Å². The summed E-state index contributed by atoms with van der Waals surface area (Å²) in [5.74, 6) is 0.408. The van der Waals surface area contributed by atoms with Gasteiger partial charge in [0.2, 0.25) is 0 Å². The first-order valence-corrected chi connectivity index (χ1v) is 8.56. The van der Waals surface area contributed by atoms with Gasteiger partial charge in [0, 0.05) is 24.7 Å². The van der Waals surface area contributed by atoms with Crippen molar-refractivity contribution >= 4 is 23.3 Å². The molecule has 0 bridgehead atoms. The summed E-state index contributed by atoms with van der Waals surface area (Å²) in [6, 6.07) is 7.33. The normalized spacial score (nSPS) is 11.2. The number of hydrogen-bond acceptors (Lipinski definition) is 5. The summed E-state index contributed by atoms with van der Waals surface area (Å²) in [5, 5.41) is 7.49. The summed E-state index contributed by atoms with van der Waals surface area (Å²) < 4.78 is 4.97. The molecule has 7 heteroatoms. The molecule has 0 saturated carbocycles. The van der Waals surface area contributed by atoms with Crippen molar-refractivity contribution in [2.75, 3.05) is 13.7 Å². The van der Waals surface area contributed by atoms with E-state index in [0.717, 1.165) is 10.6 Å². The average molecular weight is 346 g/mol. The van der Waals surface area contributed by atoms with Gasteiger partial charge in [0.05, 0.1) is 18.7 Å². The lowest BCUT2D eigenvalue weighted by molar-refractivity contribution is 0.0526. The monoisotopic (exact) mass is 346 g/mol. The minimum Gasteiger partial charge on any atom is -0.462 e. The van der Waals surface area contributed by atoms with Crippen molar-refractivity contribution in [2.45, 2.75) is 26.9 Å². The van der Waals surface area contributed by atoms with E-state index in [4.69, 9.17) is 4.74 Å². The van der Waals surface area contributed by atoms with Crippen LogP contribution in [0.3, 0.4) is 0 Å². The zero-order valence-electron chi connectivity index (χ0n) is 14.1. The van der Waals surface area contributed by atoms with Gasteiger partial charge >= 0.3 is 5.97 Å². The number of carbonyl (C=O) groups excluding carboxylic acids is 1. The first kappa shape index (κ1) is 17.9. The molecule has 2 aromatic rings. The highest BCUT2D eigenvalue weighted by Gasteiger charge is 2.06. The fourth-order valence-electron chi connectivity index (χ4n) is 2.02. The Morgan fingerprint density at radius 2 is 1.96 bits per heavy atom. The zero-order chi connectivity index (χ0) is 17.4. The number of guanidine groups is 1. The molecular formula is C17H22N4O2S. The Morgan fingerprint density at radius 3 is 2.54 bits per heavy atom. The minimum atomic E-state index is -0.298. The molecule has 6 nitrogen and oxygen atoms in total. The van der Waals surface area contributed by atoms with Gasteiger partial charge in [-0.2, -0.15) is 0 Å². The van der Waals surface area contributed by atoms with E-state index in [-0.39, 0.29) is 5.97 Å². The van der Waals surface area contributed by atoms with Gasteiger partial charge in [-0.05, 0) is 31.5 Å². The van der Waals surface area contributed by atoms with Gasteiger partial charge < -0.3 is 15.4 Å². The lowest BCUT2D eigenvalue weighted by Crippen LogP contribution is -2.36. The van der Waals surface area contributed by atoms with E-state index in [1.807, 2.05) is 25.3 Å². The first-order valence-electron chi connectivity index (χ1n) is 7.74. The van der Waals surface area contributed by atoms with Gasteiger partial charge in [-0.25, -0.2) is 9.78 Å². The third kappa shape index (κ3) is 5.34. The Balaban J connectivity index is 1.83. The molecule has 0 aliphatic heterocycles. The van der Waals surface area contributed by atoms with Crippen molar-refractivity contribution in [1.82, 2.24) is 15.6 Å². The van der Waals surface area contributed by atoms with E-state index in [2.05, 4.69) is 20.6 Å². The van der Waals surface area contributed by atoms with Crippen LogP contribution in [0.1, 0.15) is 32.7 Å². The standard InChI is InChI=1S/C17H22N4O2S/c1-4-23-16(22)14-7-5-13(6-8-14)10-20-17(18-3)21-11-15-19-9-12(2)24-15/h5-9H,4,10-11H2,1-3H3,(H2,18,20,21). The van der Waals surface area contributed by atoms with Crippen LogP contribution in [0.15, 0.2) is 35.5 Å². The number of aliphatic imine (C=N–C) groups is 1. The highest BCUT2D eigenvalue weighted by atomic mass is 32.1. The fourth-order valence-corrected chi connectivity index (χ4v) is 2.75. The summed E-state index contributed by atoms with van der Waals surface area (Å²) >= 11 is 1.66. The van der Waals surface area contributed by atoms with Crippen LogP contribution in [0.2, 0.25) is 0 Å². The maximum Gasteiger partial charge on any atom is 0.338 e. The van der Waals surface area contributed by atoms with E-state index in [1.165, 1.54) is 4.88 Å². The summed E-state index contributed by atoms with van der Waals surface area (Å²) in [5.41, 5.74) is 1.61. The molecule has 0 unspecified atom stereocenters. The van der Waals surface area contributed by atoms with Crippen LogP contribution in [0.25, 0.3) is 0 Å². The number of ether oxygens (including phenoxy) is 1.